The summed E-state index contributed by atoms with van der Waals surface area (Å²) < 4.78 is 5.09. The maximum absolute atomic E-state index is 12.0. The second-order valence-corrected chi connectivity index (χ2v) is 4.77. The minimum Gasteiger partial charge on any atom is -0.505 e. The Morgan fingerprint density at radius 1 is 1.39 bits per heavy atom. The highest BCUT2D eigenvalue weighted by molar-refractivity contribution is 6.24. The summed E-state index contributed by atoms with van der Waals surface area (Å²) in [5.74, 6) is 0.144. The highest BCUT2D eigenvalue weighted by Gasteiger charge is 2.29. The number of nitrogens with one attached hydrogen (secondary N) is 1. The molecule has 0 saturated carbocycles. The lowest BCUT2D eigenvalue weighted by molar-refractivity contribution is -0.115. The molecule has 0 saturated heterocycles. The van der Waals surface area contributed by atoms with E-state index in [0.29, 0.717) is 11.4 Å². The summed E-state index contributed by atoms with van der Waals surface area (Å²) in [6, 6.07) is 7.22. The Bertz CT molecular complexity index is 700. The molecule has 0 aromatic heterocycles. The van der Waals surface area contributed by atoms with Gasteiger partial charge in [-0.2, -0.15) is 0 Å². The van der Waals surface area contributed by atoms with Crippen molar-refractivity contribution in [1.29, 1.82) is 0 Å². The molecule has 0 aliphatic carbocycles. The van der Waals surface area contributed by atoms with E-state index in [-0.39, 0.29) is 17.9 Å². The number of rotatable bonds is 6. The lowest BCUT2D eigenvalue weighted by atomic mass is 10.1. The summed E-state index contributed by atoms with van der Waals surface area (Å²) in [6.45, 7) is 5.31. The summed E-state index contributed by atoms with van der Waals surface area (Å²) >= 11 is 0. The minimum atomic E-state index is -0.425. The van der Waals surface area contributed by atoms with Crippen molar-refractivity contribution in [2.45, 2.75) is 6.92 Å². The van der Waals surface area contributed by atoms with Crippen molar-refractivity contribution in [2.75, 3.05) is 13.7 Å². The third-order valence-corrected chi connectivity index (χ3v) is 3.15. The Kier molecular flexibility index (Phi) is 5.19. The van der Waals surface area contributed by atoms with E-state index in [0.717, 1.165) is 11.3 Å². The third-order valence-electron chi connectivity index (χ3n) is 3.15. The van der Waals surface area contributed by atoms with Crippen LogP contribution in [0.15, 0.2) is 59.1 Å². The predicted molar refractivity (Wildman–Crippen MR) is 88.0 cm³/mol. The number of carbonyl (C=O) groups is 1. The summed E-state index contributed by atoms with van der Waals surface area (Å²) in [4.78, 5) is 17.0. The van der Waals surface area contributed by atoms with Gasteiger partial charge in [0, 0.05) is 0 Å². The Labute approximate surface area is 134 Å². The van der Waals surface area contributed by atoms with Crippen molar-refractivity contribution in [3.05, 3.63) is 59.5 Å². The largest absolute Gasteiger partial charge is 0.505 e. The fourth-order valence-electron chi connectivity index (χ4n) is 2.03. The van der Waals surface area contributed by atoms with E-state index in [1.165, 1.54) is 6.08 Å². The van der Waals surface area contributed by atoms with Gasteiger partial charge in [0.05, 0.1) is 18.5 Å². The average Bonchev–Trinajstić information content (AvgIpc) is 2.82. The number of oxime groups is 1. The first-order valence-electron chi connectivity index (χ1n) is 6.95. The Morgan fingerprint density at radius 3 is 2.70 bits per heavy atom. The summed E-state index contributed by atoms with van der Waals surface area (Å²) in [6.07, 6.45) is 3.20. The first-order valence-corrected chi connectivity index (χ1v) is 6.95. The number of carbonyl (C=O) groups excluding carboxylic acids is 1. The molecule has 1 aliphatic heterocycles. The molecule has 0 fully saturated rings. The van der Waals surface area contributed by atoms with Crippen LogP contribution in [0.3, 0.4) is 0 Å². The number of amides is 1. The third kappa shape index (κ3) is 3.79. The smallest absolute Gasteiger partial charge is 0.261 e. The van der Waals surface area contributed by atoms with Gasteiger partial charge < -0.3 is 20.0 Å². The van der Waals surface area contributed by atoms with E-state index in [9.17, 15) is 9.90 Å². The van der Waals surface area contributed by atoms with Crippen LogP contribution in [-0.2, 0) is 9.63 Å². The molecule has 1 amide bonds. The summed E-state index contributed by atoms with van der Waals surface area (Å²) in [7, 11) is 1.59. The SMILES string of the molecule is C=CCO/N=C(\C)C1=C(O)/C(=C/c2ccc(OC)cc2)NC1=O. The van der Waals surface area contributed by atoms with Crippen molar-refractivity contribution in [3.63, 3.8) is 0 Å². The number of aliphatic hydroxyl groups is 1. The molecule has 0 spiro atoms. The minimum absolute atomic E-state index is 0.0915. The number of nitrogens with zero attached hydrogens (tertiary/aromatic N) is 1. The molecule has 0 radical (unpaired) electrons. The first-order chi connectivity index (χ1) is 11.1. The van der Waals surface area contributed by atoms with Gasteiger partial charge in [0.1, 0.15) is 17.9 Å². The number of hydrogen-bond donors (Lipinski definition) is 2. The standard InChI is InChI=1S/C17H18N2O4/c1-4-9-23-19-11(2)15-16(20)14(18-17(15)21)10-12-5-7-13(22-3)8-6-12/h4-8,10,20H,1,9H2,2-3H3,(H,18,21)/b14-10-,19-11+. The maximum Gasteiger partial charge on any atom is 0.261 e. The molecule has 2 rings (SSSR count). The van der Waals surface area contributed by atoms with Gasteiger partial charge in [-0.3, -0.25) is 4.79 Å². The van der Waals surface area contributed by atoms with E-state index in [2.05, 4.69) is 17.1 Å². The fourth-order valence-corrected chi connectivity index (χ4v) is 2.03. The van der Waals surface area contributed by atoms with Crippen LogP contribution < -0.4 is 10.1 Å². The molecule has 6 nitrogen and oxygen atoms in total. The maximum atomic E-state index is 12.0. The van der Waals surface area contributed by atoms with Crippen molar-refractivity contribution in [3.8, 4) is 5.75 Å². The number of aliphatic hydroxyl groups excluding tert-OH is 1. The highest BCUT2D eigenvalue weighted by atomic mass is 16.6. The monoisotopic (exact) mass is 314 g/mol. The molecule has 2 N–H and O–H groups in total. The fraction of sp³-hybridized carbons (Fsp3) is 0.176. The zero-order valence-corrected chi connectivity index (χ0v) is 13.0. The van der Waals surface area contributed by atoms with Gasteiger partial charge in [-0.25, -0.2) is 0 Å². The molecule has 1 aromatic rings. The van der Waals surface area contributed by atoms with Crippen molar-refractivity contribution in [1.82, 2.24) is 5.32 Å². The molecule has 0 unspecified atom stereocenters. The van der Waals surface area contributed by atoms with Crippen LogP contribution in [0.25, 0.3) is 6.08 Å². The lowest BCUT2D eigenvalue weighted by Crippen LogP contribution is -2.19. The molecule has 23 heavy (non-hydrogen) atoms. The highest BCUT2D eigenvalue weighted by Crippen LogP contribution is 2.22. The van der Waals surface area contributed by atoms with E-state index in [1.807, 2.05) is 12.1 Å². The van der Waals surface area contributed by atoms with E-state index >= 15 is 0 Å². The Hall–Kier alpha value is -3.02. The molecule has 1 aromatic carbocycles. The molecule has 120 valence electrons. The quantitative estimate of drug-likeness (QED) is 0.366. The number of hydrogen-bond acceptors (Lipinski definition) is 5. The zero-order chi connectivity index (χ0) is 16.8. The normalized spacial score (nSPS) is 16.5. The predicted octanol–water partition coefficient (Wildman–Crippen LogP) is 2.56. The molecule has 6 heteroatoms. The van der Waals surface area contributed by atoms with E-state index in [4.69, 9.17) is 9.57 Å². The van der Waals surface area contributed by atoms with Gasteiger partial charge >= 0.3 is 0 Å². The Morgan fingerprint density at radius 2 is 2.09 bits per heavy atom. The lowest BCUT2D eigenvalue weighted by Gasteiger charge is -2.02. The summed E-state index contributed by atoms with van der Waals surface area (Å²) in [5.41, 5.74) is 1.51. The van der Waals surface area contributed by atoms with Crippen LogP contribution in [0, 0.1) is 0 Å². The second kappa shape index (κ2) is 7.31. The van der Waals surface area contributed by atoms with Gasteiger partial charge in [-0.1, -0.05) is 29.9 Å². The molecule has 1 heterocycles. The molecule has 0 bridgehead atoms. The van der Waals surface area contributed by atoms with E-state index < -0.39 is 5.91 Å². The topological polar surface area (TPSA) is 80.2 Å². The van der Waals surface area contributed by atoms with Crippen molar-refractivity contribution < 1.29 is 19.5 Å². The summed E-state index contributed by atoms with van der Waals surface area (Å²) in [5, 5.41) is 16.7. The van der Waals surface area contributed by atoms with Gasteiger partial charge in [0.2, 0.25) is 0 Å². The van der Waals surface area contributed by atoms with Crippen LogP contribution in [0.4, 0.5) is 0 Å². The van der Waals surface area contributed by atoms with Crippen LogP contribution in [0.1, 0.15) is 12.5 Å². The van der Waals surface area contributed by atoms with Crippen molar-refractivity contribution in [2.24, 2.45) is 5.16 Å². The van der Waals surface area contributed by atoms with Crippen LogP contribution in [0.5, 0.6) is 5.75 Å². The van der Waals surface area contributed by atoms with Gasteiger partial charge in [-0.05, 0) is 30.7 Å². The van der Waals surface area contributed by atoms with Gasteiger partial charge in [0.15, 0.2) is 5.76 Å². The van der Waals surface area contributed by atoms with Gasteiger partial charge in [0.25, 0.3) is 5.91 Å². The van der Waals surface area contributed by atoms with Gasteiger partial charge in [-0.15, -0.1) is 0 Å². The zero-order valence-electron chi connectivity index (χ0n) is 13.0. The Balaban J connectivity index is 2.27. The first kappa shape index (κ1) is 16.4. The molecular formula is C17H18N2O4. The molecule has 0 atom stereocenters. The average molecular weight is 314 g/mol. The molecular weight excluding hydrogens is 296 g/mol. The van der Waals surface area contributed by atoms with Crippen LogP contribution in [-0.4, -0.2) is 30.4 Å². The number of methoxy groups -OCH3 is 1. The second-order valence-electron chi connectivity index (χ2n) is 4.77. The van der Waals surface area contributed by atoms with Crippen molar-refractivity contribution >= 4 is 17.7 Å². The van der Waals surface area contributed by atoms with E-state index in [1.54, 1.807) is 32.2 Å². The molecule has 1 aliphatic rings. The number of ether oxygens (including phenoxy) is 1. The van der Waals surface area contributed by atoms with Crippen LogP contribution in [0.2, 0.25) is 0 Å². The van der Waals surface area contributed by atoms with Crippen LogP contribution >= 0.6 is 0 Å². The number of benzene rings is 1.